The molecule has 0 saturated carbocycles. The van der Waals surface area contributed by atoms with Crippen LogP contribution in [-0.4, -0.2) is 9.97 Å². The second-order valence-corrected chi connectivity index (χ2v) is 3.42. The van der Waals surface area contributed by atoms with Crippen LogP contribution >= 0.6 is 11.3 Å². The number of thiophene rings is 1. The highest BCUT2D eigenvalue weighted by molar-refractivity contribution is 7.13. The number of rotatable bonds is 1. The van der Waals surface area contributed by atoms with Crippen molar-refractivity contribution in [1.29, 1.82) is 0 Å². The van der Waals surface area contributed by atoms with E-state index in [9.17, 15) is 4.79 Å². The highest BCUT2D eigenvalue weighted by Gasteiger charge is 2.06. The average Bonchev–Trinajstić information content (AvgIpc) is 2.62. The van der Waals surface area contributed by atoms with Crippen LogP contribution in [0.5, 0.6) is 0 Å². The summed E-state index contributed by atoms with van der Waals surface area (Å²) in [6.45, 7) is 0. The van der Waals surface area contributed by atoms with Gasteiger partial charge in [-0.15, -0.1) is 11.3 Å². The first-order valence-corrected chi connectivity index (χ1v) is 4.54. The Balaban J connectivity index is 2.66. The topological polar surface area (TPSA) is 71.8 Å². The molecule has 0 aliphatic rings. The maximum absolute atomic E-state index is 11.1. The summed E-state index contributed by atoms with van der Waals surface area (Å²) in [5.41, 5.74) is 6.01. The van der Waals surface area contributed by atoms with E-state index in [0.29, 0.717) is 5.69 Å². The number of nitrogens with one attached hydrogen (secondary N) is 1. The number of nitrogen functional groups attached to an aromatic ring is 1. The Labute approximate surface area is 78.1 Å². The molecule has 0 aromatic carbocycles. The van der Waals surface area contributed by atoms with E-state index in [-0.39, 0.29) is 11.2 Å². The molecule has 0 spiro atoms. The monoisotopic (exact) mass is 193 g/mol. The molecule has 4 nitrogen and oxygen atoms in total. The highest BCUT2D eigenvalue weighted by atomic mass is 32.1. The van der Waals surface area contributed by atoms with E-state index in [2.05, 4.69) is 9.97 Å². The summed E-state index contributed by atoms with van der Waals surface area (Å²) >= 11 is 1.50. The molecular weight excluding hydrogens is 186 g/mol. The molecule has 0 radical (unpaired) electrons. The molecule has 13 heavy (non-hydrogen) atoms. The third-order valence-electron chi connectivity index (χ3n) is 1.64. The normalized spacial score (nSPS) is 10.2. The molecule has 2 aromatic heterocycles. The minimum atomic E-state index is -0.293. The fraction of sp³-hybridized carbons (Fsp3) is 0. The Morgan fingerprint density at radius 3 is 3.08 bits per heavy atom. The summed E-state index contributed by atoms with van der Waals surface area (Å²) in [6, 6.07) is 3.77. The quantitative estimate of drug-likeness (QED) is 0.711. The van der Waals surface area contributed by atoms with Crippen molar-refractivity contribution in [2.45, 2.75) is 0 Å². The van der Waals surface area contributed by atoms with Gasteiger partial charge >= 0.3 is 0 Å². The van der Waals surface area contributed by atoms with Crippen LogP contribution < -0.4 is 11.3 Å². The predicted molar refractivity (Wildman–Crippen MR) is 52.6 cm³/mol. The maximum Gasteiger partial charge on any atom is 0.274 e. The van der Waals surface area contributed by atoms with Crippen LogP contribution in [0, 0.1) is 0 Å². The minimum Gasteiger partial charge on any atom is -0.392 e. The second-order valence-electron chi connectivity index (χ2n) is 2.47. The first kappa shape index (κ1) is 8.00. The van der Waals surface area contributed by atoms with Gasteiger partial charge in [-0.3, -0.25) is 4.79 Å². The molecule has 0 unspecified atom stereocenters. The lowest BCUT2D eigenvalue weighted by molar-refractivity contribution is 1.13. The Morgan fingerprint density at radius 1 is 1.54 bits per heavy atom. The van der Waals surface area contributed by atoms with Crippen LogP contribution in [0.3, 0.4) is 0 Å². The van der Waals surface area contributed by atoms with Crippen molar-refractivity contribution >= 4 is 17.0 Å². The largest absolute Gasteiger partial charge is 0.392 e. The molecule has 2 heterocycles. The molecule has 0 saturated heterocycles. The van der Waals surface area contributed by atoms with E-state index < -0.39 is 0 Å². The Bertz CT molecular complexity index is 460. The average molecular weight is 193 g/mol. The summed E-state index contributed by atoms with van der Waals surface area (Å²) < 4.78 is 0. The SMILES string of the molecule is Nc1c(-c2cccs2)nc[nH]c1=O. The van der Waals surface area contributed by atoms with Crippen molar-refractivity contribution in [3.05, 3.63) is 34.2 Å². The predicted octanol–water partition coefficient (Wildman–Crippen LogP) is 1.08. The Kier molecular flexibility index (Phi) is 1.86. The van der Waals surface area contributed by atoms with Crippen molar-refractivity contribution in [3.8, 4) is 10.6 Å². The summed E-state index contributed by atoms with van der Waals surface area (Å²) in [5, 5.41) is 1.91. The van der Waals surface area contributed by atoms with Gasteiger partial charge in [0.15, 0.2) is 0 Å². The second kappa shape index (κ2) is 3.02. The van der Waals surface area contributed by atoms with Crippen LogP contribution in [0.25, 0.3) is 10.6 Å². The van der Waals surface area contributed by atoms with Crippen LogP contribution in [0.1, 0.15) is 0 Å². The van der Waals surface area contributed by atoms with Gasteiger partial charge in [0.25, 0.3) is 5.56 Å². The van der Waals surface area contributed by atoms with Crippen molar-refractivity contribution in [1.82, 2.24) is 9.97 Å². The van der Waals surface area contributed by atoms with E-state index in [1.165, 1.54) is 17.7 Å². The number of hydrogen-bond donors (Lipinski definition) is 2. The number of H-pyrrole nitrogens is 1. The van der Waals surface area contributed by atoms with Crippen LogP contribution in [-0.2, 0) is 0 Å². The molecule has 0 aliphatic carbocycles. The van der Waals surface area contributed by atoms with E-state index in [4.69, 9.17) is 5.73 Å². The molecule has 0 fully saturated rings. The van der Waals surface area contributed by atoms with Gasteiger partial charge in [-0.2, -0.15) is 0 Å². The van der Waals surface area contributed by atoms with Crippen molar-refractivity contribution in [2.24, 2.45) is 0 Å². The lowest BCUT2D eigenvalue weighted by Gasteiger charge is -1.98. The molecular formula is C8H7N3OS. The van der Waals surface area contributed by atoms with Crippen LogP contribution in [0.2, 0.25) is 0 Å². The fourth-order valence-electron chi connectivity index (χ4n) is 1.02. The number of aromatic amines is 1. The highest BCUT2D eigenvalue weighted by Crippen LogP contribution is 2.24. The Hall–Kier alpha value is -1.62. The zero-order valence-electron chi connectivity index (χ0n) is 6.65. The third-order valence-corrected chi connectivity index (χ3v) is 2.52. The van der Waals surface area contributed by atoms with Crippen LogP contribution in [0.4, 0.5) is 5.69 Å². The molecule has 0 amide bonds. The zero-order chi connectivity index (χ0) is 9.26. The zero-order valence-corrected chi connectivity index (χ0v) is 7.47. The van der Waals surface area contributed by atoms with Gasteiger partial charge in [0.2, 0.25) is 0 Å². The summed E-state index contributed by atoms with van der Waals surface area (Å²) in [6.07, 6.45) is 1.35. The molecule has 0 atom stereocenters. The molecule has 0 bridgehead atoms. The van der Waals surface area contributed by atoms with Gasteiger partial charge in [-0.1, -0.05) is 6.07 Å². The van der Waals surface area contributed by atoms with Gasteiger partial charge in [0.05, 0.1) is 11.2 Å². The summed E-state index contributed by atoms with van der Waals surface area (Å²) in [4.78, 5) is 18.5. The van der Waals surface area contributed by atoms with E-state index in [0.717, 1.165) is 4.88 Å². The van der Waals surface area contributed by atoms with Gasteiger partial charge in [0, 0.05) is 0 Å². The number of nitrogens with two attached hydrogens (primary N) is 1. The number of hydrogen-bond acceptors (Lipinski definition) is 4. The molecule has 3 N–H and O–H groups in total. The maximum atomic E-state index is 11.1. The van der Waals surface area contributed by atoms with E-state index in [1.807, 2.05) is 17.5 Å². The number of anilines is 1. The first-order chi connectivity index (χ1) is 6.29. The molecule has 5 heteroatoms. The third kappa shape index (κ3) is 1.33. The first-order valence-electron chi connectivity index (χ1n) is 3.66. The molecule has 66 valence electrons. The summed E-state index contributed by atoms with van der Waals surface area (Å²) in [5.74, 6) is 0. The van der Waals surface area contributed by atoms with Crippen molar-refractivity contribution < 1.29 is 0 Å². The summed E-state index contributed by atoms with van der Waals surface area (Å²) in [7, 11) is 0. The fourth-order valence-corrected chi connectivity index (χ4v) is 1.76. The molecule has 0 aliphatic heterocycles. The molecule has 2 aromatic rings. The van der Waals surface area contributed by atoms with E-state index in [1.54, 1.807) is 0 Å². The van der Waals surface area contributed by atoms with Crippen molar-refractivity contribution in [2.75, 3.05) is 5.73 Å². The van der Waals surface area contributed by atoms with Gasteiger partial charge in [0.1, 0.15) is 11.4 Å². The van der Waals surface area contributed by atoms with Crippen molar-refractivity contribution in [3.63, 3.8) is 0 Å². The lowest BCUT2D eigenvalue weighted by atomic mass is 10.3. The molecule has 2 rings (SSSR count). The van der Waals surface area contributed by atoms with E-state index >= 15 is 0 Å². The van der Waals surface area contributed by atoms with Gasteiger partial charge in [-0.25, -0.2) is 4.98 Å². The smallest absolute Gasteiger partial charge is 0.274 e. The number of nitrogens with zero attached hydrogens (tertiary/aromatic N) is 1. The van der Waals surface area contributed by atoms with Gasteiger partial charge in [-0.05, 0) is 11.4 Å². The minimum absolute atomic E-state index is 0.171. The number of aromatic nitrogens is 2. The standard InChI is InChI=1S/C8H7N3OS/c9-6-7(5-2-1-3-13-5)10-4-11-8(6)12/h1-4H,9H2,(H,10,11,12). The van der Waals surface area contributed by atoms with Gasteiger partial charge < -0.3 is 10.7 Å². The van der Waals surface area contributed by atoms with Crippen LogP contribution in [0.15, 0.2) is 28.6 Å². The lowest BCUT2D eigenvalue weighted by Crippen LogP contribution is -2.13. The Morgan fingerprint density at radius 2 is 2.38 bits per heavy atom.